The second-order valence-corrected chi connectivity index (χ2v) is 24.8. The summed E-state index contributed by atoms with van der Waals surface area (Å²) in [5.74, 6) is 0. The summed E-state index contributed by atoms with van der Waals surface area (Å²) in [6, 6.07) is 0. The average molecular weight is 763 g/mol. The SMILES string of the molecule is CCCCP(=O)(CCCC)OCC(OP(=O)(CCCC)CCCC)C(COP(=O)(CCCC)CCCC)OP(=O)(CCCC)CCCC. The molecule has 0 aromatic rings. The van der Waals surface area contributed by atoms with Crippen molar-refractivity contribution in [3.8, 4) is 0 Å². The van der Waals surface area contributed by atoms with Crippen molar-refractivity contribution in [3.05, 3.63) is 0 Å². The van der Waals surface area contributed by atoms with Gasteiger partial charge in [-0.05, 0) is 51.4 Å². The first-order valence-electron chi connectivity index (χ1n) is 19.8. The van der Waals surface area contributed by atoms with Gasteiger partial charge in [-0.15, -0.1) is 0 Å². The highest BCUT2D eigenvalue weighted by Crippen LogP contribution is 2.56. The van der Waals surface area contributed by atoms with E-state index in [1.165, 1.54) is 0 Å². The summed E-state index contributed by atoms with van der Waals surface area (Å²) in [4.78, 5) is 0. The summed E-state index contributed by atoms with van der Waals surface area (Å²) in [5.41, 5.74) is 0. The molecule has 8 nitrogen and oxygen atoms in total. The van der Waals surface area contributed by atoms with Gasteiger partial charge in [0.1, 0.15) is 12.2 Å². The molecule has 0 amide bonds. The van der Waals surface area contributed by atoms with Gasteiger partial charge in [0.25, 0.3) is 0 Å². The minimum Gasteiger partial charge on any atom is -0.326 e. The van der Waals surface area contributed by atoms with Crippen molar-refractivity contribution < 1.29 is 36.4 Å². The number of unbranched alkanes of at least 4 members (excludes halogenated alkanes) is 8. The molecule has 0 saturated heterocycles. The van der Waals surface area contributed by atoms with Crippen LogP contribution in [0.5, 0.6) is 0 Å². The zero-order valence-electron chi connectivity index (χ0n) is 32.6. The predicted molar refractivity (Wildman–Crippen MR) is 210 cm³/mol. The first-order valence-corrected chi connectivity index (χ1v) is 27.8. The van der Waals surface area contributed by atoms with E-state index in [2.05, 4.69) is 55.4 Å². The molecule has 0 bridgehead atoms. The summed E-state index contributed by atoms with van der Waals surface area (Å²) < 4.78 is 83.6. The van der Waals surface area contributed by atoms with Crippen LogP contribution in [0.3, 0.4) is 0 Å². The Morgan fingerprint density at radius 3 is 0.708 bits per heavy atom. The smallest absolute Gasteiger partial charge is 0.203 e. The van der Waals surface area contributed by atoms with Gasteiger partial charge in [0.2, 0.25) is 29.5 Å². The van der Waals surface area contributed by atoms with E-state index in [1.807, 2.05) is 0 Å². The van der Waals surface area contributed by atoms with Crippen LogP contribution in [0.25, 0.3) is 0 Å². The lowest BCUT2D eigenvalue weighted by Gasteiger charge is -2.35. The fourth-order valence-electron chi connectivity index (χ4n) is 5.43. The topological polar surface area (TPSA) is 105 Å². The Kier molecular flexibility index (Phi) is 28.7. The Morgan fingerprint density at radius 1 is 0.333 bits per heavy atom. The monoisotopic (exact) mass is 762 g/mol. The maximum atomic E-state index is 14.5. The van der Waals surface area contributed by atoms with E-state index < -0.39 is 41.7 Å². The van der Waals surface area contributed by atoms with Crippen LogP contribution in [0, 0.1) is 0 Å². The molecule has 12 heteroatoms. The van der Waals surface area contributed by atoms with Crippen LogP contribution in [0.15, 0.2) is 0 Å². The van der Waals surface area contributed by atoms with Crippen molar-refractivity contribution in [2.45, 2.75) is 170 Å². The van der Waals surface area contributed by atoms with Gasteiger partial charge in [0, 0.05) is 49.3 Å². The standard InChI is InChI=1S/C36H78O8P4/c1-9-17-25-45(37,26-18-10-2)41-33-35(43-47(39,29-21-13-5)30-22-14-6)36(44-48(40,31-23-15-7)32-24-16-8)34-42-46(38,27-19-11-3)28-20-12-4/h35-36H,9-34H2,1-8H3. The molecule has 0 spiro atoms. The van der Waals surface area contributed by atoms with E-state index in [0.29, 0.717) is 49.3 Å². The van der Waals surface area contributed by atoms with Crippen molar-refractivity contribution in [1.82, 2.24) is 0 Å². The molecule has 2 atom stereocenters. The van der Waals surface area contributed by atoms with Crippen molar-refractivity contribution in [2.75, 3.05) is 62.5 Å². The molecule has 0 aromatic carbocycles. The lowest BCUT2D eigenvalue weighted by atomic mass is 10.2. The van der Waals surface area contributed by atoms with Crippen LogP contribution in [0.4, 0.5) is 0 Å². The van der Waals surface area contributed by atoms with Crippen LogP contribution in [-0.4, -0.2) is 74.7 Å². The molecule has 0 saturated carbocycles. The Bertz CT molecular complexity index is 852. The molecular formula is C36H78O8P4. The van der Waals surface area contributed by atoms with Gasteiger partial charge < -0.3 is 18.1 Å². The molecule has 2 unspecified atom stereocenters. The third-order valence-electron chi connectivity index (χ3n) is 8.84. The van der Waals surface area contributed by atoms with E-state index in [-0.39, 0.29) is 13.2 Å². The van der Waals surface area contributed by atoms with Crippen LogP contribution in [0.1, 0.15) is 158 Å². The van der Waals surface area contributed by atoms with E-state index in [4.69, 9.17) is 18.1 Å². The molecule has 290 valence electrons. The average Bonchev–Trinajstić information content (AvgIpc) is 3.08. The Hall–Kier alpha value is 0.760. The molecular weight excluding hydrogens is 684 g/mol. The van der Waals surface area contributed by atoms with Crippen LogP contribution in [0.2, 0.25) is 0 Å². The zero-order chi connectivity index (χ0) is 36.4. The Morgan fingerprint density at radius 2 is 0.521 bits per heavy atom. The first kappa shape index (κ1) is 48.8. The van der Waals surface area contributed by atoms with Gasteiger partial charge in [0.15, 0.2) is 0 Å². The quantitative estimate of drug-likeness (QED) is 0.0588. The minimum atomic E-state index is -3.16. The van der Waals surface area contributed by atoms with Crippen LogP contribution >= 0.6 is 29.5 Å². The summed E-state index contributed by atoms with van der Waals surface area (Å²) in [5, 5.41) is 0. The van der Waals surface area contributed by atoms with Crippen molar-refractivity contribution in [2.24, 2.45) is 0 Å². The zero-order valence-corrected chi connectivity index (χ0v) is 36.2. The summed E-state index contributed by atoms with van der Waals surface area (Å²) in [6.45, 7) is 16.4. The number of rotatable bonds is 35. The fourth-order valence-corrected chi connectivity index (χ4v) is 15.9. The number of hydrogen-bond acceptors (Lipinski definition) is 8. The molecule has 0 rings (SSSR count). The predicted octanol–water partition coefficient (Wildman–Crippen LogP) is 13.3. The maximum Gasteiger partial charge on any atom is 0.203 e. The Labute approximate surface area is 297 Å². The second kappa shape index (κ2) is 28.3. The maximum absolute atomic E-state index is 14.5. The van der Waals surface area contributed by atoms with Gasteiger partial charge in [0.05, 0.1) is 13.2 Å². The van der Waals surface area contributed by atoms with Gasteiger partial charge in [-0.2, -0.15) is 0 Å². The molecule has 0 aliphatic heterocycles. The van der Waals surface area contributed by atoms with Crippen molar-refractivity contribution in [3.63, 3.8) is 0 Å². The van der Waals surface area contributed by atoms with E-state index >= 15 is 0 Å². The Balaban J connectivity index is 7.01. The lowest BCUT2D eigenvalue weighted by molar-refractivity contribution is 0.00245. The van der Waals surface area contributed by atoms with E-state index in [9.17, 15) is 18.3 Å². The van der Waals surface area contributed by atoms with E-state index in [1.54, 1.807) is 0 Å². The largest absolute Gasteiger partial charge is 0.326 e. The second-order valence-electron chi connectivity index (χ2n) is 13.8. The lowest BCUT2D eigenvalue weighted by Crippen LogP contribution is -2.38. The van der Waals surface area contributed by atoms with Crippen molar-refractivity contribution >= 4 is 29.5 Å². The molecule has 0 radical (unpaired) electrons. The molecule has 48 heavy (non-hydrogen) atoms. The van der Waals surface area contributed by atoms with Crippen LogP contribution in [-0.2, 0) is 36.4 Å². The molecule has 0 N–H and O–H groups in total. The highest BCUT2D eigenvalue weighted by molar-refractivity contribution is 7.60. The van der Waals surface area contributed by atoms with Gasteiger partial charge in [-0.3, -0.25) is 18.3 Å². The molecule has 0 aliphatic rings. The fraction of sp³-hybridized carbons (Fsp3) is 1.00. The normalized spacial score (nSPS) is 14.4. The summed E-state index contributed by atoms with van der Waals surface area (Å²) >= 11 is 0. The van der Waals surface area contributed by atoms with Gasteiger partial charge >= 0.3 is 0 Å². The molecule has 0 fully saturated rings. The minimum absolute atomic E-state index is 0.0866. The summed E-state index contributed by atoms with van der Waals surface area (Å²) in [7, 11) is -12.3. The van der Waals surface area contributed by atoms with Gasteiger partial charge in [-0.1, -0.05) is 107 Å². The van der Waals surface area contributed by atoms with Crippen LogP contribution < -0.4 is 0 Å². The molecule has 0 aliphatic carbocycles. The molecule has 0 heterocycles. The van der Waals surface area contributed by atoms with Gasteiger partial charge in [-0.25, -0.2) is 0 Å². The first-order chi connectivity index (χ1) is 22.9. The third-order valence-corrected chi connectivity index (χ3v) is 19.4. The van der Waals surface area contributed by atoms with E-state index in [0.717, 1.165) is 103 Å². The van der Waals surface area contributed by atoms with Crippen molar-refractivity contribution in [1.29, 1.82) is 0 Å². The highest BCUT2D eigenvalue weighted by Gasteiger charge is 2.39. The number of hydrogen-bond donors (Lipinski definition) is 0. The summed E-state index contributed by atoms with van der Waals surface area (Å²) in [6.07, 6.45) is 15.2. The third kappa shape index (κ3) is 22.0. The highest BCUT2D eigenvalue weighted by atomic mass is 31.2. The molecule has 0 aromatic heterocycles.